The van der Waals surface area contributed by atoms with Gasteiger partial charge in [-0.2, -0.15) is 4.39 Å². The molecule has 0 bridgehead atoms. The lowest BCUT2D eigenvalue weighted by Crippen LogP contribution is -2.06. The minimum Gasteiger partial charge on any atom is -0.420 e. The molecule has 0 saturated carbocycles. The van der Waals surface area contributed by atoms with Crippen molar-refractivity contribution in [3.05, 3.63) is 66.5 Å². The lowest BCUT2D eigenvalue weighted by Gasteiger charge is -2.08. The van der Waals surface area contributed by atoms with Crippen LogP contribution in [0.5, 0.6) is 5.75 Å². The van der Waals surface area contributed by atoms with E-state index in [2.05, 4.69) is 11.3 Å². The fourth-order valence-electron chi connectivity index (χ4n) is 1.64. The highest BCUT2D eigenvalue weighted by atomic mass is 19.2. The van der Waals surface area contributed by atoms with E-state index < -0.39 is 29.2 Å². The lowest BCUT2D eigenvalue weighted by atomic mass is 10.0. The van der Waals surface area contributed by atoms with Gasteiger partial charge in [-0.3, -0.25) is 0 Å². The zero-order chi connectivity index (χ0) is 14.7. The third kappa shape index (κ3) is 2.71. The second kappa shape index (κ2) is 5.61. The number of ether oxygens (including phenoxy) is 1. The Balaban J connectivity index is 2.46. The van der Waals surface area contributed by atoms with Gasteiger partial charge < -0.3 is 4.74 Å². The van der Waals surface area contributed by atoms with Crippen LogP contribution >= 0.6 is 0 Å². The zero-order valence-corrected chi connectivity index (χ0v) is 10.2. The van der Waals surface area contributed by atoms with Gasteiger partial charge in [0.2, 0.25) is 5.82 Å². The molecule has 0 aliphatic rings. The van der Waals surface area contributed by atoms with Crippen LogP contribution in [0.15, 0.2) is 49.1 Å². The Morgan fingerprint density at radius 1 is 1.10 bits per heavy atom. The van der Waals surface area contributed by atoms with Gasteiger partial charge in [-0.25, -0.2) is 13.6 Å². The number of benzene rings is 2. The van der Waals surface area contributed by atoms with Crippen LogP contribution in [-0.2, 0) is 4.79 Å². The van der Waals surface area contributed by atoms with E-state index >= 15 is 0 Å². The van der Waals surface area contributed by atoms with Crippen molar-refractivity contribution in [2.75, 3.05) is 0 Å². The second-order valence-corrected chi connectivity index (χ2v) is 3.87. The molecule has 2 aromatic carbocycles. The highest BCUT2D eigenvalue weighted by Crippen LogP contribution is 2.30. The quantitative estimate of drug-likeness (QED) is 0.484. The molecule has 2 nitrogen and oxygen atoms in total. The van der Waals surface area contributed by atoms with Crippen LogP contribution in [0.25, 0.3) is 11.1 Å². The standard InChI is InChI=1S/C15H9F3O2/c1-2-13(19)20-12-7-6-11(14(17)15(12)18)9-4-3-5-10(16)8-9/h2-8H,1H2. The molecule has 0 atom stereocenters. The molecule has 0 aliphatic carbocycles. The summed E-state index contributed by atoms with van der Waals surface area (Å²) < 4.78 is 45.3. The number of hydrogen-bond acceptors (Lipinski definition) is 2. The number of hydrogen-bond donors (Lipinski definition) is 0. The smallest absolute Gasteiger partial charge is 0.335 e. The van der Waals surface area contributed by atoms with Crippen LogP contribution in [0, 0.1) is 17.5 Å². The fourth-order valence-corrected chi connectivity index (χ4v) is 1.64. The average Bonchev–Trinajstić information content (AvgIpc) is 2.44. The van der Waals surface area contributed by atoms with Crippen LogP contribution < -0.4 is 4.74 Å². The van der Waals surface area contributed by atoms with E-state index in [4.69, 9.17) is 0 Å². The molecular weight excluding hydrogens is 269 g/mol. The van der Waals surface area contributed by atoms with E-state index in [9.17, 15) is 18.0 Å². The third-order valence-electron chi connectivity index (χ3n) is 2.56. The normalized spacial score (nSPS) is 10.2. The predicted octanol–water partition coefficient (Wildman–Crippen LogP) is 3.86. The van der Waals surface area contributed by atoms with Crippen LogP contribution in [0.2, 0.25) is 0 Å². The van der Waals surface area contributed by atoms with Gasteiger partial charge in [0.1, 0.15) is 5.82 Å². The second-order valence-electron chi connectivity index (χ2n) is 3.87. The van der Waals surface area contributed by atoms with Gasteiger partial charge >= 0.3 is 5.97 Å². The average molecular weight is 278 g/mol. The van der Waals surface area contributed by atoms with Gasteiger partial charge in [0.15, 0.2) is 11.6 Å². The van der Waals surface area contributed by atoms with Crippen LogP contribution in [0.1, 0.15) is 0 Å². The molecule has 0 fully saturated rings. The highest BCUT2D eigenvalue weighted by Gasteiger charge is 2.17. The first-order valence-electron chi connectivity index (χ1n) is 5.61. The first kappa shape index (κ1) is 13.9. The Morgan fingerprint density at radius 3 is 2.50 bits per heavy atom. The molecule has 0 N–H and O–H groups in total. The molecule has 0 unspecified atom stereocenters. The van der Waals surface area contributed by atoms with E-state index in [1.54, 1.807) is 0 Å². The Hall–Kier alpha value is -2.56. The SMILES string of the molecule is C=CC(=O)Oc1ccc(-c2cccc(F)c2)c(F)c1F. The first-order valence-corrected chi connectivity index (χ1v) is 5.61. The summed E-state index contributed by atoms with van der Waals surface area (Å²) in [6.07, 6.45) is 0.831. The molecule has 0 saturated heterocycles. The summed E-state index contributed by atoms with van der Waals surface area (Å²) in [6.45, 7) is 3.15. The van der Waals surface area contributed by atoms with Crippen LogP contribution in [-0.4, -0.2) is 5.97 Å². The molecule has 5 heteroatoms. The summed E-state index contributed by atoms with van der Waals surface area (Å²) in [6, 6.07) is 7.40. The molecule has 102 valence electrons. The molecule has 20 heavy (non-hydrogen) atoms. The predicted molar refractivity (Wildman–Crippen MR) is 67.6 cm³/mol. The minimum absolute atomic E-state index is 0.125. The minimum atomic E-state index is -1.32. The summed E-state index contributed by atoms with van der Waals surface area (Å²) in [5.74, 6) is -4.55. The van der Waals surface area contributed by atoms with Gasteiger partial charge in [0, 0.05) is 11.6 Å². The van der Waals surface area contributed by atoms with Crippen molar-refractivity contribution in [1.29, 1.82) is 0 Å². The first-order chi connectivity index (χ1) is 9.52. The molecular formula is C15H9F3O2. The largest absolute Gasteiger partial charge is 0.420 e. The van der Waals surface area contributed by atoms with Gasteiger partial charge in [-0.15, -0.1) is 0 Å². The molecule has 0 heterocycles. The van der Waals surface area contributed by atoms with Crippen molar-refractivity contribution >= 4 is 5.97 Å². The number of esters is 1. The summed E-state index contributed by atoms with van der Waals surface area (Å²) >= 11 is 0. The summed E-state index contributed by atoms with van der Waals surface area (Å²) in [4.78, 5) is 11.0. The van der Waals surface area contributed by atoms with Crippen LogP contribution in [0.3, 0.4) is 0 Å². The Morgan fingerprint density at radius 2 is 1.85 bits per heavy atom. The van der Waals surface area contributed by atoms with E-state index in [0.29, 0.717) is 0 Å². The number of halogens is 3. The van der Waals surface area contributed by atoms with E-state index in [1.807, 2.05) is 0 Å². The summed E-state index contributed by atoms with van der Waals surface area (Å²) in [5, 5.41) is 0. The fraction of sp³-hybridized carbons (Fsp3) is 0. The molecule has 0 spiro atoms. The summed E-state index contributed by atoms with van der Waals surface area (Å²) in [7, 11) is 0. The summed E-state index contributed by atoms with van der Waals surface area (Å²) in [5.41, 5.74) is 0.0587. The van der Waals surface area contributed by atoms with Crippen molar-refractivity contribution in [2.45, 2.75) is 0 Å². The molecule has 0 amide bonds. The monoisotopic (exact) mass is 278 g/mol. The van der Waals surface area contributed by atoms with Crippen molar-refractivity contribution in [3.8, 4) is 16.9 Å². The maximum Gasteiger partial charge on any atom is 0.335 e. The number of carbonyl (C=O) groups is 1. The Labute approximate surface area is 113 Å². The molecule has 2 rings (SSSR count). The highest BCUT2D eigenvalue weighted by molar-refractivity contribution is 5.83. The Bertz CT molecular complexity index is 681. The van der Waals surface area contributed by atoms with Crippen LogP contribution in [0.4, 0.5) is 13.2 Å². The van der Waals surface area contributed by atoms with Crippen molar-refractivity contribution < 1.29 is 22.7 Å². The van der Waals surface area contributed by atoms with E-state index in [1.165, 1.54) is 24.3 Å². The lowest BCUT2D eigenvalue weighted by molar-refractivity contribution is -0.129. The van der Waals surface area contributed by atoms with E-state index in [-0.39, 0.29) is 11.1 Å². The number of rotatable bonds is 3. The Kier molecular flexibility index (Phi) is 3.89. The topological polar surface area (TPSA) is 26.3 Å². The number of carbonyl (C=O) groups excluding carboxylic acids is 1. The zero-order valence-electron chi connectivity index (χ0n) is 10.2. The van der Waals surface area contributed by atoms with Crippen molar-refractivity contribution in [3.63, 3.8) is 0 Å². The molecule has 0 radical (unpaired) electrons. The molecule has 0 aliphatic heterocycles. The maximum atomic E-state index is 13.9. The van der Waals surface area contributed by atoms with Gasteiger partial charge in [0.25, 0.3) is 0 Å². The third-order valence-corrected chi connectivity index (χ3v) is 2.56. The molecule has 2 aromatic rings. The van der Waals surface area contributed by atoms with E-state index in [0.717, 1.165) is 18.2 Å². The van der Waals surface area contributed by atoms with Crippen molar-refractivity contribution in [2.24, 2.45) is 0 Å². The van der Waals surface area contributed by atoms with Gasteiger partial charge in [-0.1, -0.05) is 18.7 Å². The van der Waals surface area contributed by atoms with Crippen molar-refractivity contribution in [1.82, 2.24) is 0 Å². The maximum absolute atomic E-state index is 13.9. The van der Waals surface area contributed by atoms with Gasteiger partial charge in [-0.05, 0) is 29.8 Å². The molecule has 0 aromatic heterocycles. The van der Waals surface area contributed by atoms with Gasteiger partial charge in [0.05, 0.1) is 0 Å².